The zero-order valence-corrected chi connectivity index (χ0v) is 12.7. The minimum atomic E-state index is -2.62. The molecule has 0 radical (unpaired) electrons. The summed E-state index contributed by atoms with van der Waals surface area (Å²) in [5.41, 5.74) is -0.936. The fraction of sp³-hybridized carbons (Fsp3) is 0.867. The van der Waals surface area contributed by atoms with Crippen LogP contribution in [0.4, 0.5) is 8.78 Å². The molecule has 6 heteroatoms. The van der Waals surface area contributed by atoms with Crippen molar-refractivity contribution in [2.45, 2.75) is 70.4 Å². The van der Waals surface area contributed by atoms with E-state index in [1.165, 1.54) is 0 Å². The van der Waals surface area contributed by atoms with Gasteiger partial charge in [-0.15, -0.1) is 0 Å². The number of carbonyl (C=O) groups excluding carboxylic acids is 2. The SMILES string of the molecule is CCC(C)C1C(=O)NC2(CCCCC2)C(=O)N1CC(F)F. The van der Waals surface area contributed by atoms with E-state index >= 15 is 0 Å². The van der Waals surface area contributed by atoms with E-state index in [0.29, 0.717) is 19.3 Å². The zero-order chi connectivity index (χ0) is 15.6. The van der Waals surface area contributed by atoms with E-state index < -0.39 is 24.6 Å². The number of nitrogens with one attached hydrogen (secondary N) is 1. The fourth-order valence-electron chi connectivity index (χ4n) is 3.53. The Kier molecular flexibility index (Phi) is 4.84. The van der Waals surface area contributed by atoms with Gasteiger partial charge in [-0.25, -0.2) is 8.78 Å². The van der Waals surface area contributed by atoms with E-state index in [9.17, 15) is 18.4 Å². The van der Waals surface area contributed by atoms with Gasteiger partial charge in [0.15, 0.2) is 0 Å². The Hall–Kier alpha value is -1.20. The Morgan fingerprint density at radius 3 is 2.43 bits per heavy atom. The lowest BCUT2D eigenvalue weighted by atomic mass is 9.77. The molecule has 21 heavy (non-hydrogen) atoms. The van der Waals surface area contributed by atoms with Crippen LogP contribution < -0.4 is 5.32 Å². The van der Waals surface area contributed by atoms with Crippen molar-refractivity contribution in [3.63, 3.8) is 0 Å². The van der Waals surface area contributed by atoms with Gasteiger partial charge in [0.2, 0.25) is 11.8 Å². The van der Waals surface area contributed by atoms with Crippen molar-refractivity contribution >= 4 is 11.8 Å². The van der Waals surface area contributed by atoms with Crippen LogP contribution in [0.3, 0.4) is 0 Å². The molecule has 4 nitrogen and oxygen atoms in total. The van der Waals surface area contributed by atoms with Crippen LogP contribution in [0.25, 0.3) is 0 Å². The maximum Gasteiger partial charge on any atom is 0.255 e. The lowest BCUT2D eigenvalue weighted by Crippen LogP contribution is -2.72. The molecule has 1 N–H and O–H groups in total. The van der Waals surface area contributed by atoms with Gasteiger partial charge in [0.05, 0.1) is 6.54 Å². The van der Waals surface area contributed by atoms with E-state index in [1.54, 1.807) is 0 Å². The first kappa shape index (κ1) is 16.2. The first-order valence-electron chi connectivity index (χ1n) is 7.82. The number of rotatable bonds is 4. The van der Waals surface area contributed by atoms with Gasteiger partial charge in [0, 0.05) is 0 Å². The maximum absolute atomic E-state index is 12.9. The summed E-state index contributed by atoms with van der Waals surface area (Å²) in [6, 6.07) is -0.774. The number of alkyl halides is 2. The van der Waals surface area contributed by atoms with Crippen LogP contribution in [-0.2, 0) is 9.59 Å². The van der Waals surface area contributed by atoms with E-state index in [-0.39, 0.29) is 17.7 Å². The summed E-state index contributed by atoms with van der Waals surface area (Å²) in [5, 5.41) is 2.88. The van der Waals surface area contributed by atoms with Gasteiger partial charge < -0.3 is 10.2 Å². The molecule has 1 saturated carbocycles. The third-order valence-electron chi connectivity index (χ3n) is 4.86. The molecule has 1 aliphatic carbocycles. The molecule has 1 heterocycles. The topological polar surface area (TPSA) is 49.4 Å². The van der Waals surface area contributed by atoms with Crippen molar-refractivity contribution in [1.29, 1.82) is 0 Å². The Morgan fingerprint density at radius 2 is 1.90 bits per heavy atom. The highest BCUT2D eigenvalue weighted by Gasteiger charge is 2.52. The lowest BCUT2D eigenvalue weighted by molar-refractivity contribution is -0.161. The summed E-state index contributed by atoms with van der Waals surface area (Å²) >= 11 is 0. The number of halogens is 2. The number of hydrogen-bond donors (Lipinski definition) is 1. The second-order valence-electron chi connectivity index (χ2n) is 6.31. The van der Waals surface area contributed by atoms with Gasteiger partial charge in [-0.1, -0.05) is 39.5 Å². The lowest BCUT2D eigenvalue weighted by Gasteiger charge is -2.49. The Morgan fingerprint density at radius 1 is 1.29 bits per heavy atom. The van der Waals surface area contributed by atoms with Gasteiger partial charge in [0.25, 0.3) is 6.43 Å². The quantitative estimate of drug-likeness (QED) is 0.866. The predicted molar refractivity (Wildman–Crippen MR) is 74.9 cm³/mol. The van der Waals surface area contributed by atoms with Crippen LogP contribution in [0.1, 0.15) is 52.4 Å². The van der Waals surface area contributed by atoms with E-state index in [1.807, 2.05) is 13.8 Å². The standard InChI is InChI=1S/C15H24F2N2O2/c1-3-10(2)12-13(20)18-15(7-5-4-6-8-15)14(21)19(12)9-11(16)17/h10-12H,3-9H2,1-2H3,(H,18,20). The van der Waals surface area contributed by atoms with Crippen LogP contribution in [0.15, 0.2) is 0 Å². The third-order valence-corrected chi connectivity index (χ3v) is 4.86. The number of nitrogens with zero attached hydrogens (tertiary/aromatic N) is 1. The summed E-state index contributed by atoms with van der Waals surface area (Å²) in [6.45, 7) is 3.08. The van der Waals surface area contributed by atoms with Crippen molar-refractivity contribution < 1.29 is 18.4 Å². The van der Waals surface area contributed by atoms with Crippen LogP contribution >= 0.6 is 0 Å². The molecule has 0 bridgehead atoms. The first-order valence-corrected chi connectivity index (χ1v) is 7.82. The van der Waals surface area contributed by atoms with Crippen molar-refractivity contribution in [3.05, 3.63) is 0 Å². The fourth-order valence-corrected chi connectivity index (χ4v) is 3.53. The highest BCUT2D eigenvalue weighted by atomic mass is 19.3. The largest absolute Gasteiger partial charge is 0.340 e. The van der Waals surface area contributed by atoms with Gasteiger partial charge in [0.1, 0.15) is 11.6 Å². The second kappa shape index (κ2) is 6.28. The normalized spacial score (nSPS) is 27.1. The molecule has 2 rings (SSSR count). The van der Waals surface area contributed by atoms with Crippen molar-refractivity contribution in [1.82, 2.24) is 10.2 Å². The average Bonchev–Trinajstić information content (AvgIpc) is 2.44. The van der Waals surface area contributed by atoms with Gasteiger partial charge >= 0.3 is 0 Å². The molecule has 2 amide bonds. The monoisotopic (exact) mass is 302 g/mol. The second-order valence-corrected chi connectivity index (χ2v) is 6.31. The van der Waals surface area contributed by atoms with Crippen LogP contribution in [0, 0.1) is 5.92 Å². The summed E-state index contributed by atoms with van der Waals surface area (Å²) < 4.78 is 25.8. The molecule has 0 aromatic carbocycles. The van der Waals surface area contributed by atoms with Crippen molar-refractivity contribution in [2.24, 2.45) is 5.92 Å². The van der Waals surface area contributed by atoms with E-state index in [4.69, 9.17) is 0 Å². The summed E-state index contributed by atoms with van der Waals surface area (Å²) in [5.74, 6) is -0.715. The van der Waals surface area contributed by atoms with Gasteiger partial charge in [-0.3, -0.25) is 9.59 Å². The molecule has 2 fully saturated rings. The molecule has 1 spiro atoms. The molecule has 2 unspecified atom stereocenters. The zero-order valence-electron chi connectivity index (χ0n) is 12.7. The number of carbonyl (C=O) groups is 2. The van der Waals surface area contributed by atoms with E-state index in [2.05, 4.69) is 5.32 Å². The highest BCUT2D eigenvalue weighted by molar-refractivity contribution is 6.00. The molecule has 1 aliphatic heterocycles. The van der Waals surface area contributed by atoms with Gasteiger partial charge in [-0.05, 0) is 18.8 Å². The Bertz CT molecular complexity index is 408. The minimum Gasteiger partial charge on any atom is -0.340 e. The Balaban J connectivity index is 2.30. The van der Waals surface area contributed by atoms with Crippen molar-refractivity contribution in [2.75, 3.05) is 6.54 Å². The molecule has 0 aromatic rings. The summed E-state index contributed by atoms with van der Waals surface area (Å²) in [7, 11) is 0. The molecular weight excluding hydrogens is 278 g/mol. The molecular formula is C15H24F2N2O2. The first-order chi connectivity index (χ1) is 9.91. The molecule has 1 saturated heterocycles. The number of hydrogen-bond acceptors (Lipinski definition) is 2. The molecule has 0 aromatic heterocycles. The summed E-state index contributed by atoms with van der Waals surface area (Å²) in [6.07, 6.45) is 1.89. The number of amides is 2. The Labute approximate surface area is 124 Å². The van der Waals surface area contributed by atoms with Crippen LogP contribution in [-0.4, -0.2) is 41.3 Å². The molecule has 120 valence electrons. The van der Waals surface area contributed by atoms with Crippen LogP contribution in [0.2, 0.25) is 0 Å². The van der Waals surface area contributed by atoms with Crippen LogP contribution in [0.5, 0.6) is 0 Å². The van der Waals surface area contributed by atoms with Crippen molar-refractivity contribution in [3.8, 4) is 0 Å². The summed E-state index contributed by atoms with van der Waals surface area (Å²) in [4.78, 5) is 26.4. The number of piperazine rings is 1. The van der Waals surface area contributed by atoms with E-state index in [0.717, 1.165) is 24.2 Å². The predicted octanol–water partition coefficient (Wildman–Crippen LogP) is 2.33. The molecule has 2 aliphatic rings. The smallest absolute Gasteiger partial charge is 0.255 e. The third kappa shape index (κ3) is 3.04. The minimum absolute atomic E-state index is 0.131. The maximum atomic E-state index is 12.9. The highest BCUT2D eigenvalue weighted by Crippen LogP contribution is 2.35. The van der Waals surface area contributed by atoms with Gasteiger partial charge in [-0.2, -0.15) is 0 Å². The average molecular weight is 302 g/mol. The molecule has 2 atom stereocenters.